The molecule has 0 aromatic rings. The number of hydrogen-bond acceptors (Lipinski definition) is 2. The third kappa shape index (κ3) is 3.99. The molecule has 2 amide bonds. The fourth-order valence-electron chi connectivity index (χ4n) is 2.63. The Kier molecular flexibility index (Phi) is 6.05. The van der Waals surface area contributed by atoms with Gasteiger partial charge in [0.1, 0.15) is 5.54 Å². The first-order chi connectivity index (χ1) is 9.45. The zero-order valence-corrected chi connectivity index (χ0v) is 12.5. The number of nitrogens with zero attached hydrogens (tertiary/aromatic N) is 1. The first-order valence-corrected chi connectivity index (χ1v) is 7.36. The molecule has 1 rings (SSSR count). The highest BCUT2D eigenvalue weighted by atomic mass is 16.4. The van der Waals surface area contributed by atoms with Gasteiger partial charge in [0.05, 0.1) is 0 Å². The summed E-state index contributed by atoms with van der Waals surface area (Å²) in [6.45, 7) is 8.78. The first kappa shape index (κ1) is 16.5. The Morgan fingerprint density at radius 2 is 2.05 bits per heavy atom. The molecule has 1 saturated carbocycles. The molecule has 1 fully saturated rings. The van der Waals surface area contributed by atoms with Crippen LogP contribution in [0.3, 0.4) is 0 Å². The van der Waals surface area contributed by atoms with Crippen molar-refractivity contribution in [3.63, 3.8) is 0 Å². The molecule has 0 bridgehead atoms. The van der Waals surface area contributed by atoms with E-state index in [4.69, 9.17) is 0 Å². The molecular weight excluding hydrogens is 256 g/mol. The van der Waals surface area contributed by atoms with E-state index in [0.717, 1.165) is 19.3 Å². The molecule has 0 aromatic carbocycles. The largest absolute Gasteiger partial charge is 0.480 e. The average Bonchev–Trinajstić information content (AvgIpc) is 2.41. The lowest BCUT2D eigenvalue weighted by atomic mass is 9.77. The molecule has 1 aliphatic carbocycles. The second-order valence-electron chi connectivity index (χ2n) is 5.73. The second kappa shape index (κ2) is 7.31. The minimum absolute atomic E-state index is 0.302. The molecule has 0 unspecified atom stereocenters. The fourth-order valence-corrected chi connectivity index (χ4v) is 2.63. The number of urea groups is 1. The van der Waals surface area contributed by atoms with Crippen molar-refractivity contribution in [2.75, 3.05) is 13.1 Å². The number of hydrogen-bond donors (Lipinski definition) is 2. The van der Waals surface area contributed by atoms with Crippen molar-refractivity contribution in [3.05, 3.63) is 12.7 Å². The van der Waals surface area contributed by atoms with Crippen LogP contribution in [0, 0.1) is 5.92 Å². The van der Waals surface area contributed by atoms with E-state index < -0.39 is 11.5 Å². The van der Waals surface area contributed by atoms with Gasteiger partial charge in [-0.2, -0.15) is 0 Å². The molecule has 1 aliphatic rings. The Balaban J connectivity index is 2.76. The summed E-state index contributed by atoms with van der Waals surface area (Å²) in [4.78, 5) is 25.5. The van der Waals surface area contributed by atoms with Gasteiger partial charge in [0, 0.05) is 13.1 Å². The van der Waals surface area contributed by atoms with Crippen LogP contribution in [0.4, 0.5) is 4.79 Å². The number of aliphatic carboxylic acids is 1. The van der Waals surface area contributed by atoms with Crippen LogP contribution in [-0.4, -0.2) is 40.6 Å². The Hall–Kier alpha value is -1.52. The van der Waals surface area contributed by atoms with Crippen molar-refractivity contribution in [3.8, 4) is 0 Å². The van der Waals surface area contributed by atoms with Gasteiger partial charge in [-0.05, 0) is 38.0 Å². The smallest absolute Gasteiger partial charge is 0.329 e. The molecule has 0 radical (unpaired) electrons. The van der Waals surface area contributed by atoms with Gasteiger partial charge in [0.25, 0.3) is 0 Å². The topological polar surface area (TPSA) is 69.6 Å². The third-order valence-electron chi connectivity index (χ3n) is 4.01. The van der Waals surface area contributed by atoms with E-state index >= 15 is 0 Å². The van der Waals surface area contributed by atoms with Crippen molar-refractivity contribution in [1.29, 1.82) is 0 Å². The van der Waals surface area contributed by atoms with Gasteiger partial charge in [0.15, 0.2) is 0 Å². The van der Waals surface area contributed by atoms with Crippen LogP contribution < -0.4 is 5.32 Å². The van der Waals surface area contributed by atoms with E-state index in [1.165, 1.54) is 0 Å². The Morgan fingerprint density at radius 1 is 1.45 bits per heavy atom. The van der Waals surface area contributed by atoms with Gasteiger partial charge in [-0.15, -0.1) is 6.58 Å². The molecular formula is C15H26N2O3. The highest BCUT2D eigenvalue weighted by molar-refractivity contribution is 5.86. The summed E-state index contributed by atoms with van der Waals surface area (Å²) in [5.74, 6) is -0.396. The fraction of sp³-hybridized carbons (Fsp3) is 0.733. The zero-order valence-electron chi connectivity index (χ0n) is 12.5. The van der Waals surface area contributed by atoms with Gasteiger partial charge in [-0.3, -0.25) is 0 Å². The molecule has 0 aromatic heterocycles. The van der Waals surface area contributed by atoms with Crippen molar-refractivity contribution in [2.45, 2.75) is 51.5 Å². The summed E-state index contributed by atoms with van der Waals surface area (Å²) in [7, 11) is 0. The predicted molar refractivity (Wildman–Crippen MR) is 78.6 cm³/mol. The molecule has 0 aliphatic heterocycles. The number of rotatable bonds is 6. The molecule has 5 nitrogen and oxygen atoms in total. The first-order valence-electron chi connectivity index (χ1n) is 7.36. The maximum Gasteiger partial charge on any atom is 0.329 e. The summed E-state index contributed by atoms with van der Waals surface area (Å²) in [5, 5.41) is 12.3. The van der Waals surface area contributed by atoms with Gasteiger partial charge in [-0.25, -0.2) is 9.59 Å². The molecule has 0 saturated heterocycles. The van der Waals surface area contributed by atoms with E-state index in [9.17, 15) is 14.7 Å². The molecule has 114 valence electrons. The number of amides is 2. The monoisotopic (exact) mass is 282 g/mol. The van der Waals surface area contributed by atoms with Gasteiger partial charge in [-0.1, -0.05) is 19.9 Å². The van der Waals surface area contributed by atoms with E-state index in [2.05, 4.69) is 18.8 Å². The SMILES string of the molecule is C=CCN(CCC)C(=O)NC1(C(=O)O)CCC(C)CC1. The quantitative estimate of drug-likeness (QED) is 0.736. The maximum atomic E-state index is 12.3. The normalized spacial score (nSPS) is 25.8. The molecule has 5 heteroatoms. The zero-order chi connectivity index (χ0) is 15.2. The number of carbonyl (C=O) groups is 2. The summed E-state index contributed by atoms with van der Waals surface area (Å²) in [6.07, 6.45) is 5.17. The van der Waals surface area contributed by atoms with Crippen LogP contribution in [0.2, 0.25) is 0 Å². The predicted octanol–water partition coefficient (Wildman–Crippen LogP) is 2.63. The second-order valence-corrected chi connectivity index (χ2v) is 5.73. The van der Waals surface area contributed by atoms with Crippen LogP contribution in [0.25, 0.3) is 0 Å². The molecule has 0 spiro atoms. The summed E-state index contributed by atoms with van der Waals surface area (Å²) in [6, 6.07) is -0.302. The minimum atomic E-state index is -1.10. The van der Waals surface area contributed by atoms with E-state index in [1.807, 2.05) is 6.92 Å². The third-order valence-corrected chi connectivity index (χ3v) is 4.01. The van der Waals surface area contributed by atoms with Gasteiger partial charge in [0.2, 0.25) is 0 Å². The van der Waals surface area contributed by atoms with Crippen LogP contribution in [0.1, 0.15) is 46.0 Å². The van der Waals surface area contributed by atoms with E-state index in [0.29, 0.717) is 31.8 Å². The van der Waals surface area contributed by atoms with Crippen LogP contribution in [0.15, 0.2) is 12.7 Å². The highest BCUT2D eigenvalue weighted by Crippen LogP contribution is 2.32. The lowest BCUT2D eigenvalue weighted by Crippen LogP contribution is -2.59. The Bertz CT molecular complexity index is 360. The number of nitrogens with one attached hydrogen (secondary N) is 1. The summed E-state index contributed by atoms with van der Waals surface area (Å²) < 4.78 is 0. The van der Waals surface area contributed by atoms with Crippen LogP contribution >= 0.6 is 0 Å². The van der Waals surface area contributed by atoms with Gasteiger partial charge >= 0.3 is 12.0 Å². The van der Waals surface area contributed by atoms with E-state index in [1.54, 1.807) is 11.0 Å². The highest BCUT2D eigenvalue weighted by Gasteiger charge is 2.43. The Morgan fingerprint density at radius 3 is 2.50 bits per heavy atom. The Labute approximate surface area is 121 Å². The molecule has 2 N–H and O–H groups in total. The number of carboxylic acid groups (broad SMARTS) is 1. The van der Waals surface area contributed by atoms with Crippen molar-refractivity contribution < 1.29 is 14.7 Å². The molecule has 20 heavy (non-hydrogen) atoms. The van der Waals surface area contributed by atoms with E-state index in [-0.39, 0.29) is 6.03 Å². The number of carboxylic acids is 1. The van der Waals surface area contributed by atoms with Crippen molar-refractivity contribution in [1.82, 2.24) is 10.2 Å². The van der Waals surface area contributed by atoms with Crippen LogP contribution in [0.5, 0.6) is 0 Å². The van der Waals surface area contributed by atoms with Crippen molar-refractivity contribution >= 4 is 12.0 Å². The lowest BCUT2D eigenvalue weighted by molar-refractivity contribution is -0.146. The minimum Gasteiger partial charge on any atom is -0.480 e. The lowest BCUT2D eigenvalue weighted by Gasteiger charge is -2.37. The maximum absolute atomic E-state index is 12.3. The number of carbonyl (C=O) groups excluding carboxylic acids is 1. The van der Waals surface area contributed by atoms with Gasteiger partial charge < -0.3 is 15.3 Å². The van der Waals surface area contributed by atoms with Crippen molar-refractivity contribution in [2.24, 2.45) is 5.92 Å². The standard InChI is InChI=1S/C15H26N2O3/c1-4-10-17(11-5-2)14(20)16-15(13(18)19)8-6-12(3)7-9-15/h4,12H,1,5-11H2,2-3H3,(H,16,20)(H,18,19). The van der Waals surface area contributed by atoms with Crippen LogP contribution in [-0.2, 0) is 4.79 Å². The average molecular weight is 282 g/mol. The summed E-state index contributed by atoms with van der Waals surface area (Å²) >= 11 is 0. The summed E-state index contributed by atoms with van der Waals surface area (Å²) in [5.41, 5.74) is -1.10. The molecule has 0 atom stereocenters. The molecule has 0 heterocycles.